The lowest BCUT2D eigenvalue weighted by Crippen LogP contribution is -2.48. The van der Waals surface area contributed by atoms with Crippen LogP contribution in [0.3, 0.4) is 0 Å². The third-order valence-electron chi connectivity index (χ3n) is 6.38. The molecule has 0 bridgehead atoms. The molecule has 0 aliphatic carbocycles. The summed E-state index contributed by atoms with van der Waals surface area (Å²) in [5, 5.41) is 3.47. The number of rotatable bonds is 2. The van der Waals surface area contributed by atoms with Gasteiger partial charge in [-0.25, -0.2) is 0 Å². The molecular weight excluding hydrogens is 370 g/mol. The van der Waals surface area contributed by atoms with E-state index in [0.29, 0.717) is 33.6 Å². The summed E-state index contributed by atoms with van der Waals surface area (Å²) in [6.07, 6.45) is 5.05. The van der Waals surface area contributed by atoms with E-state index in [1.54, 1.807) is 12.1 Å². The first-order chi connectivity index (χ1) is 12.6. The zero-order valence-corrected chi connectivity index (χ0v) is 16.6. The molecule has 3 saturated heterocycles. The van der Waals surface area contributed by atoms with Crippen LogP contribution in [0.2, 0.25) is 4.34 Å². The van der Waals surface area contributed by atoms with Crippen LogP contribution in [0.15, 0.2) is 12.1 Å². The van der Waals surface area contributed by atoms with E-state index in [1.165, 1.54) is 17.8 Å². The van der Waals surface area contributed by atoms with Crippen LogP contribution in [0.5, 0.6) is 0 Å². The molecule has 4 rings (SSSR count). The lowest BCUT2D eigenvalue weighted by molar-refractivity contribution is -0.139. The minimum Gasteiger partial charge on any atom is -0.342 e. The van der Waals surface area contributed by atoms with Crippen molar-refractivity contribution in [1.29, 1.82) is 0 Å². The average molecular weight is 396 g/mol. The van der Waals surface area contributed by atoms with E-state index >= 15 is 0 Å². The summed E-state index contributed by atoms with van der Waals surface area (Å²) in [6.45, 7) is 5.35. The highest BCUT2D eigenvalue weighted by molar-refractivity contribution is 7.17. The fourth-order valence-corrected chi connectivity index (χ4v) is 5.61. The molecule has 5 nitrogen and oxygen atoms in total. The number of piperidine rings is 2. The van der Waals surface area contributed by atoms with Crippen molar-refractivity contribution in [2.45, 2.75) is 32.1 Å². The number of amides is 2. The Balaban J connectivity index is 1.28. The van der Waals surface area contributed by atoms with Crippen LogP contribution in [-0.2, 0) is 4.79 Å². The SMILES string of the molecule is O=C(c1ccc(Cl)s1)N1CCC(C(=O)N2CCC3(CCNC3)CC2)CC1. The number of hydrogen-bond donors (Lipinski definition) is 1. The second-order valence-electron chi connectivity index (χ2n) is 7.92. The first kappa shape index (κ1) is 18.3. The molecule has 3 aliphatic rings. The first-order valence-electron chi connectivity index (χ1n) is 9.60. The first-order valence-corrected chi connectivity index (χ1v) is 10.8. The van der Waals surface area contributed by atoms with Crippen molar-refractivity contribution in [3.63, 3.8) is 0 Å². The maximum absolute atomic E-state index is 12.9. The van der Waals surface area contributed by atoms with Gasteiger partial charge in [0.05, 0.1) is 9.21 Å². The summed E-state index contributed by atoms with van der Waals surface area (Å²) in [6, 6.07) is 3.55. The Hall–Kier alpha value is -1.11. The fourth-order valence-electron chi connectivity index (χ4n) is 4.60. The van der Waals surface area contributed by atoms with Crippen LogP contribution in [-0.4, -0.2) is 60.9 Å². The molecule has 2 amide bonds. The largest absolute Gasteiger partial charge is 0.342 e. The lowest BCUT2D eigenvalue weighted by Gasteiger charge is -2.41. The molecule has 0 atom stereocenters. The van der Waals surface area contributed by atoms with Gasteiger partial charge >= 0.3 is 0 Å². The van der Waals surface area contributed by atoms with Gasteiger partial charge in [-0.2, -0.15) is 0 Å². The second kappa shape index (κ2) is 7.49. The molecule has 1 N–H and O–H groups in total. The zero-order valence-electron chi connectivity index (χ0n) is 15.0. The molecule has 7 heteroatoms. The predicted molar refractivity (Wildman–Crippen MR) is 104 cm³/mol. The van der Waals surface area contributed by atoms with E-state index in [1.807, 2.05) is 4.90 Å². The van der Waals surface area contributed by atoms with Crippen LogP contribution in [0, 0.1) is 11.3 Å². The molecule has 0 aromatic carbocycles. The monoisotopic (exact) mass is 395 g/mol. The standard InChI is InChI=1S/C19H26ClN3O2S/c20-16-2-1-15(26-16)18(25)22-9-3-14(4-10-22)17(24)23-11-6-19(7-12-23)5-8-21-13-19/h1-2,14,21H,3-13H2. The molecular formula is C19H26ClN3O2S. The smallest absolute Gasteiger partial charge is 0.263 e. The summed E-state index contributed by atoms with van der Waals surface area (Å²) in [5.41, 5.74) is 0.439. The Morgan fingerprint density at radius 2 is 1.81 bits per heavy atom. The predicted octanol–water partition coefficient (Wildman–Crippen LogP) is 2.86. The molecule has 1 aromatic rings. The summed E-state index contributed by atoms with van der Waals surface area (Å²) in [7, 11) is 0. The Morgan fingerprint density at radius 1 is 1.08 bits per heavy atom. The highest BCUT2D eigenvalue weighted by atomic mass is 35.5. The second-order valence-corrected chi connectivity index (χ2v) is 9.64. The highest BCUT2D eigenvalue weighted by Crippen LogP contribution is 2.37. The lowest BCUT2D eigenvalue weighted by atomic mass is 9.77. The van der Waals surface area contributed by atoms with Gasteiger partial charge in [0.15, 0.2) is 0 Å². The number of hydrogen-bond acceptors (Lipinski definition) is 4. The molecule has 1 aromatic heterocycles. The highest BCUT2D eigenvalue weighted by Gasteiger charge is 2.39. The quantitative estimate of drug-likeness (QED) is 0.837. The van der Waals surface area contributed by atoms with E-state index in [-0.39, 0.29) is 11.8 Å². The van der Waals surface area contributed by atoms with Gasteiger partial charge in [0.25, 0.3) is 5.91 Å². The van der Waals surface area contributed by atoms with Crippen molar-refractivity contribution >= 4 is 34.8 Å². The number of halogens is 1. The van der Waals surface area contributed by atoms with Crippen LogP contribution < -0.4 is 5.32 Å². The number of nitrogens with zero attached hydrogens (tertiary/aromatic N) is 2. The molecule has 0 saturated carbocycles. The van der Waals surface area contributed by atoms with E-state index in [2.05, 4.69) is 10.2 Å². The average Bonchev–Trinajstić information content (AvgIpc) is 3.31. The Morgan fingerprint density at radius 3 is 2.38 bits per heavy atom. The summed E-state index contributed by atoms with van der Waals surface area (Å²) < 4.78 is 0.638. The van der Waals surface area contributed by atoms with Gasteiger partial charge in [-0.15, -0.1) is 11.3 Å². The van der Waals surface area contributed by atoms with E-state index < -0.39 is 0 Å². The van der Waals surface area contributed by atoms with Gasteiger partial charge in [0.2, 0.25) is 5.91 Å². The molecule has 3 aliphatic heterocycles. The third kappa shape index (κ3) is 3.64. The summed E-state index contributed by atoms with van der Waals surface area (Å²) >= 11 is 7.26. The molecule has 0 unspecified atom stereocenters. The number of carbonyl (C=O) groups excluding carboxylic acids is 2. The number of carbonyl (C=O) groups is 2. The fraction of sp³-hybridized carbons (Fsp3) is 0.684. The molecule has 1 spiro atoms. The zero-order chi connectivity index (χ0) is 18.1. The molecule has 26 heavy (non-hydrogen) atoms. The van der Waals surface area contributed by atoms with E-state index in [0.717, 1.165) is 51.9 Å². The van der Waals surface area contributed by atoms with Gasteiger partial charge in [-0.3, -0.25) is 9.59 Å². The van der Waals surface area contributed by atoms with E-state index in [9.17, 15) is 9.59 Å². The number of nitrogens with one attached hydrogen (secondary N) is 1. The third-order valence-corrected chi connectivity index (χ3v) is 7.60. The number of thiophene rings is 1. The van der Waals surface area contributed by atoms with Crippen LogP contribution in [0.1, 0.15) is 41.8 Å². The van der Waals surface area contributed by atoms with Crippen molar-refractivity contribution in [3.05, 3.63) is 21.3 Å². The van der Waals surface area contributed by atoms with Crippen molar-refractivity contribution in [2.75, 3.05) is 39.3 Å². The normalized spacial score (nSPS) is 23.6. The molecule has 0 radical (unpaired) electrons. The Bertz CT molecular complexity index is 668. The Labute approximate surface area is 163 Å². The van der Waals surface area contributed by atoms with Gasteiger partial charge < -0.3 is 15.1 Å². The molecule has 142 valence electrons. The van der Waals surface area contributed by atoms with Crippen LogP contribution in [0.25, 0.3) is 0 Å². The van der Waals surface area contributed by atoms with Crippen LogP contribution >= 0.6 is 22.9 Å². The maximum atomic E-state index is 12.9. The molecule has 3 fully saturated rings. The number of likely N-dealkylation sites (tertiary alicyclic amines) is 2. The van der Waals surface area contributed by atoms with Crippen molar-refractivity contribution < 1.29 is 9.59 Å². The minimum atomic E-state index is 0.0430. The van der Waals surface area contributed by atoms with Gasteiger partial charge in [0.1, 0.15) is 0 Å². The van der Waals surface area contributed by atoms with Gasteiger partial charge in [-0.1, -0.05) is 11.6 Å². The molecule has 4 heterocycles. The van der Waals surface area contributed by atoms with Gasteiger partial charge in [-0.05, 0) is 56.2 Å². The summed E-state index contributed by atoms with van der Waals surface area (Å²) in [4.78, 5) is 30.0. The Kier molecular flexibility index (Phi) is 5.26. The van der Waals surface area contributed by atoms with Crippen LogP contribution in [0.4, 0.5) is 0 Å². The van der Waals surface area contributed by atoms with Crippen molar-refractivity contribution in [2.24, 2.45) is 11.3 Å². The topological polar surface area (TPSA) is 52.7 Å². The minimum absolute atomic E-state index is 0.0430. The van der Waals surface area contributed by atoms with Crippen molar-refractivity contribution in [1.82, 2.24) is 15.1 Å². The maximum Gasteiger partial charge on any atom is 0.263 e. The summed E-state index contributed by atoms with van der Waals surface area (Å²) in [5.74, 6) is 0.417. The van der Waals surface area contributed by atoms with Crippen molar-refractivity contribution in [3.8, 4) is 0 Å². The van der Waals surface area contributed by atoms with Gasteiger partial charge in [0, 0.05) is 38.6 Å². The van der Waals surface area contributed by atoms with E-state index in [4.69, 9.17) is 11.6 Å².